The Morgan fingerprint density at radius 2 is 1.78 bits per heavy atom. The minimum atomic E-state index is -0.158. The molecule has 0 unspecified atom stereocenters. The monoisotopic (exact) mass is 428 g/mol. The second-order valence-corrected chi connectivity index (χ2v) is 8.70. The molecule has 0 bridgehead atoms. The normalized spacial score (nSPS) is 15.2. The third-order valence-corrected chi connectivity index (χ3v) is 6.56. The van der Waals surface area contributed by atoms with Gasteiger partial charge in [-0.3, -0.25) is 5.10 Å². The van der Waals surface area contributed by atoms with E-state index in [-0.39, 0.29) is 6.61 Å². The lowest BCUT2D eigenvalue weighted by atomic mass is 10.1. The number of rotatable bonds is 5. The van der Waals surface area contributed by atoms with Gasteiger partial charge in [-0.15, -0.1) is 0 Å². The van der Waals surface area contributed by atoms with Gasteiger partial charge in [-0.05, 0) is 49.6 Å². The molecule has 8 nitrogen and oxygen atoms in total. The molecule has 0 atom stereocenters. The average Bonchev–Trinajstić information content (AvgIpc) is 3.56. The second kappa shape index (κ2) is 7.89. The summed E-state index contributed by atoms with van der Waals surface area (Å²) in [5.41, 5.74) is 7.39. The summed E-state index contributed by atoms with van der Waals surface area (Å²) in [7, 11) is 0. The summed E-state index contributed by atoms with van der Waals surface area (Å²) in [6, 6.07) is 14.9. The van der Waals surface area contributed by atoms with Crippen molar-refractivity contribution in [3.63, 3.8) is 0 Å². The average molecular weight is 429 g/mol. The van der Waals surface area contributed by atoms with Crippen LogP contribution < -0.4 is 4.90 Å². The molecule has 8 heteroatoms. The van der Waals surface area contributed by atoms with Crippen LogP contribution in [0.4, 0.5) is 0 Å². The van der Waals surface area contributed by atoms with Gasteiger partial charge in [0.05, 0.1) is 30.9 Å². The summed E-state index contributed by atoms with van der Waals surface area (Å²) in [5.74, 6) is 0. The molecule has 0 amide bonds. The number of quaternary nitrogens is 1. The van der Waals surface area contributed by atoms with Crippen molar-refractivity contribution in [1.82, 2.24) is 30.6 Å². The van der Waals surface area contributed by atoms with Crippen LogP contribution >= 0.6 is 0 Å². The number of aromatic amines is 3. The van der Waals surface area contributed by atoms with Gasteiger partial charge in [0, 0.05) is 27.4 Å². The number of nitrogens with one attached hydrogen (secondary N) is 4. The van der Waals surface area contributed by atoms with Crippen LogP contribution in [-0.4, -0.2) is 48.8 Å². The fourth-order valence-corrected chi connectivity index (χ4v) is 4.90. The molecule has 1 saturated heterocycles. The van der Waals surface area contributed by atoms with E-state index in [0.717, 1.165) is 39.9 Å². The lowest BCUT2D eigenvalue weighted by Gasteiger charge is -2.23. The number of hydrogen-bond acceptors (Lipinski definition) is 4. The van der Waals surface area contributed by atoms with Crippen LogP contribution in [0.1, 0.15) is 30.5 Å². The second-order valence-electron chi connectivity index (χ2n) is 8.70. The number of fused-ring (bicyclic) bond motifs is 2. The number of H-pyrrole nitrogens is 3. The van der Waals surface area contributed by atoms with Crippen molar-refractivity contribution in [2.75, 3.05) is 13.1 Å². The SMILES string of the molecule is OCc1n[nH]nc1-c1ccc2c(-c3cc4cc(C[NH+]5CCCCC5)ccc4[nH]3)n[nH]c2c1. The van der Waals surface area contributed by atoms with Gasteiger partial charge >= 0.3 is 0 Å². The fraction of sp³-hybridized carbons (Fsp3) is 0.292. The number of piperidine rings is 1. The van der Waals surface area contributed by atoms with Gasteiger partial charge in [-0.1, -0.05) is 12.1 Å². The van der Waals surface area contributed by atoms with Crippen LogP contribution in [0.5, 0.6) is 0 Å². The third kappa shape index (κ3) is 3.37. The number of aliphatic hydroxyl groups excluding tert-OH is 1. The summed E-state index contributed by atoms with van der Waals surface area (Å²) in [6.07, 6.45) is 4.07. The van der Waals surface area contributed by atoms with Crippen LogP contribution in [0.2, 0.25) is 0 Å². The van der Waals surface area contributed by atoms with Gasteiger partial charge in [-0.25, -0.2) is 0 Å². The molecule has 6 rings (SSSR count). The van der Waals surface area contributed by atoms with Gasteiger partial charge in [0.1, 0.15) is 23.6 Å². The van der Waals surface area contributed by atoms with Crippen molar-refractivity contribution < 1.29 is 10.0 Å². The summed E-state index contributed by atoms with van der Waals surface area (Å²) < 4.78 is 0. The first-order chi connectivity index (χ1) is 15.8. The first-order valence-corrected chi connectivity index (χ1v) is 11.2. The molecule has 5 aromatic rings. The molecule has 2 aromatic carbocycles. The molecule has 0 aliphatic carbocycles. The zero-order valence-electron chi connectivity index (χ0n) is 17.8. The number of hydrogen-bond donors (Lipinski definition) is 5. The van der Waals surface area contributed by atoms with Crippen LogP contribution in [-0.2, 0) is 13.2 Å². The number of likely N-dealkylation sites (tertiary alicyclic amines) is 1. The van der Waals surface area contributed by atoms with Crippen LogP contribution in [0.3, 0.4) is 0 Å². The molecule has 0 spiro atoms. The maximum atomic E-state index is 9.47. The maximum absolute atomic E-state index is 9.47. The van der Waals surface area contributed by atoms with Gasteiger partial charge < -0.3 is 15.0 Å². The first kappa shape index (κ1) is 19.2. The number of nitrogens with zero attached hydrogens (tertiary/aromatic N) is 3. The molecule has 0 radical (unpaired) electrons. The lowest BCUT2D eigenvalue weighted by molar-refractivity contribution is -0.918. The Kier molecular flexibility index (Phi) is 4.74. The van der Waals surface area contributed by atoms with E-state index < -0.39 is 0 Å². The Bertz CT molecular complexity index is 1390. The Morgan fingerprint density at radius 1 is 0.875 bits per heavy atom. The lowest BCUT2D eigenvalue weighted by Crippen LogP contribution is -3.11. The van der Waals surface area contributed by atoms with E-state index in [1.54, 1.807) is 4.90 Å². The highest BCUT2D eigenvalue weighted by atomic mass is 16.3. The van der Waals surface area contributed by atoms with Gasteiger partial charge in [-0.2, -0.15) is 20.5 Å². The van der Waals surface area contributed by atoms with Crippen molar-refractivity contribution in [1.29, 1.82) is 0 Å². The predicted octanol–water partition coefficient (Wildman–Crippen LogP) is 2.56. The van der Waals surface area contributed by atoms with Crippen LogP contribution in [0.25, 0.3) is 44.5 Å². The Hall–Kier alpha value is -3.49. The highest BCUT2D eigenvalue weighted by Crippen LogP contribution is 2.31. The summed E-state index contributed by atoms with van der Waals surface area (Å²) in [6.45, 7) is 3.51. The number of benzene rings is 2. The Balaban J connectivity index is 1.32. The Morgan fingerprint density at radius 3 is 2.66 bits per heavy atom. The van der Waals surface area contributed by atoms with Crippen LogP contribution in [0.15, 0.2) is 42.5 Å². The van der Waals surface area contributed by atoms with Crippen LogP contribution in [0, 0.1) is 0 Å². The zero-order chi connectivity index (χ0) is 21.5. The molecule has 32 heavy (non-hydrogen) atoms. The smallest absolute Gasteiger partial charge is 0.118 e. The van der Waals surface area contributed by atoms with E-state index in [2.05, 4.69) is 54.9 Å². The standard InChI is InChI=1S/C24H25N7O/c32-14-22-23(29-30-27-22)16-5-6-18-20(11-16)26-28-24(18)21-12-17-10-15(4-7-19(17)25-21)13-31-8-2-1-3-9-31/h4-7,10-12,25,32H,1-3,8-9,13-14H2,(H,26,28)(H,27,29,30)/p+1. The van der Waals surface area contributed by atoms with Crippen molar-refractivity contribution in [3.05, 3.63) is 53.7 Å². The molecular weight excluding hydrogens is 402 g/mol. The Labute approximate surface area is 184 Å². The molecular formula is C24H26N7O+. The largest absolute Gasteiger partial charge is 0.390 e. The molecule has 3 aromatic heterocycles. The number of aliphatic hydroxyl groups is 1. The van der Waals surface area contributed by atoms with Gasteiger partial charge in [0.2, 0.25) is 0 Å². The number of aromatic nitrogens is 6. The molecule has 1 aliphatic rings. The maximum Gasteiger partial charge on any atom is 0.118 e. The third-order valence-electron chi connectivity index (χ3n) is 6.56. The van der Waals surface area contributed by atoms with Gasteiger partial charge in [0.25, 0.3) is 0 Å². The predicted molar refractivity (Wildman–Crippen MR) is 123 cm³/mol. The molecule has 162 valence electrons. The molecule has 4 heterocycles. The minimum Gasteiger partial charge on any atom is -0.390 e. The minimum absolute atomic E-state index is 0.158. The fourth-order valence-electron chi connectivity index (χ4n) is 4.90. The summed E-state index contributed by atoms with van der Waals surface area (Å²) >= 11 is 0. The molecule has 1 aliphatic heterocycles. The quantitative estimate of drug-likeness (QED) is 0.296. The molecule has 0 saturated carbocycles. The van der Waals surface area contributed by atoms with Crippen molar-refractivity contribution in [2.24, 2.45) is 0 Å². The van der Waals surface area contributed by atoms with Gasteiger partial charge in [0.15, 0.2) is 0 Å². The first-order valence-electron chi connectivity index (χ1n) is 11.2. The molecule has 1 fully saturated rings. The zero-order valence-corrected chi connectivity index (χ0v) is 17.8. The highest BCUT2D eigenvalue weighted by Gasteiger charge is 2.16. The van der Waals surface area contributed by atoms with E-state index in [4.69, 9.17) is 0 Å². The van der Waals surface area contributed by atoms with Crippen molar-refractivity contribution >= 4 is 21.8 Å². The van der Waals surface area contributed by atoms with E-state index in [1.807, 2.05) is 18.2 Å². The van der Waals surface area contributed by atoms with E-state index >= 15 is 0 Å². The summed E-state index contributed by atoms with van der Waals surface area (Å²) in [4.78, 5) is 5.22. The van der Waals surface area contributed by atoms with E-state index in [9.17, 15) is 5.11 Å². The highest BCUT2D eigenvalue weighted by molar-refractivity contribution is 5.97. The van der Waals surface area contributed by atoms with Crippen molar-refractivity contribution in [2.45, 2.75) is 32.4 Å². The van der Waals surface area contributed by atoms with E-state index in [1.165, 1.54) is 43.3 Å². The topological polar surface area (TPSA) is 111 Å². The van der Waals surface area contributed by atoms with E-state index in [0.29, 0.717) is 11.4 Å². The molecule has 5 N–H and O–H groups in total. The van der Waals surface area contributed by atoms with Crippen molar-refractivity contribution in [3.8, 4) is 22.6 Å². The summed E-state index contributed by atoms with van der Waals surface area (Å²) in [5, 5.41) is 30.2.